The largest absolute Gasteiger partial charge is 0.0985 e. The molecule has 0 aliphatic carbocycles. The second-order valence-corrected chi connectivity index (χ2v) is 1.28. The summed E-state index contributed by atoms with van der Waals surface area (Å²) in [6, 6.07) is 0. The maximum absolute atomic E-state index is 3.66. The summed E-state index contributed by atoms with van der Waals surface area (Å²) in [4.78, 5) is 0. The molecule has 0 aromatic heterocycles. The molecule has 0 spiro atoms. The van der Waals surface area contributed by atoms with E-state index in [1.165, 1.54) is 0 Å². The molecule has 0 aliphatic rings. The first kappa shape index (κ1) is 6.22. The van der Waals surface area contributed by atoms with E-state index in [0.29, 0.717) is 0 Å². The molecule has 0 aliphatic heterocycles. The molecule has 0 atom stereocenters. The highest BCUT2D eigenvalue weighted by Gasteiger charge is 1.69. The van der Waals surface area contributed by atoms with Crippen molar-refractivity contribution in [3.63, 3.8) is 0 Å². The van der Waals surface area contributed by atoms with Gasteiger partial charge in [-0.25, -0.2) is 0 Å². The molecule has 0 aromatic carbocycles. The predicted molar refractivity (Wildman–Crippen MR) is 34.2 cm³/mol. The fraction of sp³-hybridized carbons (Fsp3) is 0.143. The van der Waals surface area contributed by atoms with Crippen molar-refractivity contribution in [1.29, 1.82) is 0 Å². The van der Waals surface area contributed by atoms with Crippen LogP contribution in [0, 0.1) is 0 Å². The molecular weight excluding hydrogens is 84.1 g/mol. The Labute approximate surface area is 44.9 Å². The third kappa shape index (κ3) is 3.04. The summed E-state index contributed by atoms with van der Waals surface area (Å²) in [7, 11) is 0. The summed E-state index contributed by atoms with van der Waals surface area (Å²) < 4.78 is 0. The Morgan fingerprint density at radius 1 is 1.57 bits per heavy atom. The van der Waals surface area contributed by atoms with Crippen molar-refractivity contribution in [2.45, 2.75) is 6.92 Å². The van der Waals surface area contributed by atoms with Gasteiger partial charge < -0.3 is 0 Å². The van der Waals surface area contributed by atoms with Crippen molar-refractivity contribution in [3.8, 4) is 0 Å². The molecule has 0 N–H and O–H groups in total. The highest BCUT2D eigenvalue weighted by Crippen LogP contribution is 1.90. The molecule has 0 saturated carbocycles. The van der Waals surface area contributed by atoms with Crippen molar-refractivity contribution in [2.24, 2.45) is 0 Å². The average molecular weight is 94.2 g/mol. The lowest BCUT2D eigenvalue weighted by atomic mass is 10.3. The fourth-order valence-electron chi connectivity index (χ4n) is 0.282. The molecule has 0 heterocycles. The van der Waals surface area contributed by atoms with Gasteiger partial charge in [0.25, 0.3) is 0 Å². The SMILES string of the molecule is C=CC(=C)/C=C/C. The number of hydrogen-bond donors (Lipinski definition) is 0. The van der Waals surface area contributed by atoms with Crippen molar-refractivity contribution in [3.05, 3.63) is 37.0 Å². The normalized spacial score (nSPS) is 9.29. The van der Waals surface area contributed by atoms with Gasteiger partial charge in [-0.15, -0.1) is 0 Å². The Balaban J connectivity index is 3.58. The van der Waals surface area contributed by atoms with Gasteiger partial charge in [-0.2, -0.15) is 0 Å². The lowest BCUT2D eigenvalue weighted by Gasteiger charge is -1.79. The first-order valence-electron chi connectivity index (χ1n) is 2.25. The zero-order valence-corrected chi connectivity index (χ0v) is 4.65. The molecule has 0 radical (unpaired) electrons. The van der Waals surface area contributed by atoms with Crippen LogP contribution < -0.4 is 0 Å². The predicted octanol–water partition coefficient (Wildman–Crippen LogP) is 2.30. The van der Waals surface area contributed by atoms with Gasteiger partial charge >= 0.3 is 0 Å². The topological polar surface area (TPSA) is 0 Å². The van der Waals surface area contributed by atoms with Gasteiger partial charge in [0.05, 0.1) is 0 Å². The zero-order valence-electron chi connectivity index (χ0n) is 4.65. The van der Waals surface area contributed by atoms with Crippen molar-refractivity contribution in [1.82, 2.24) is 0 Å². The minimum Gasteiger partial charge on any atom is -0.0985 e. The van der Waals surface area contributed by atoms with Crippen LogP contribution in [0.5, 0.6) is 0 Å². The van der Waals surface area contributed by atoms with E-state index in [0.717, 1.165) is 5.57 Å². The molecule has 7 heavy (non-hydrogen) atoms. The van der Waals surface area contributed by atoms with Crippen LogP contribution in [0.15, 0.2) is 37.0 Å². The maximum Gasteiger partial charge on any atom is -0.0338 e. The van der Waals surface area contributed by atoms with Crippen LogP contribution in [0.1, 0.15) is 6.92 Å². The highest BCUT2D eigenvalue weighted by molar-refractivity contribution is 5.24. The lowest BCUT2D eigenvalue weighted by Crippen LogP contribution is -1.58. The maximum atomic E-state index is 3.66. The van der Waals surface area contributed by atoms with E-state index in [1.54, 1.807) is 6.08 Å². The summed E-state index contributed by atoms with van der Waals surface area (Å²) in [6.45, 7) is 9.14. The Morgan fingerprint density at radius 2 is 2.14 bits per heavy atom. The minimum absolute atomic E-state index is 0.961. The Hall–Kier alpha value is -0.780. The van der Waals surface area contributed by atoms with Crippen LogP contribution in [0.3, 0.4) is 0 Å². The Bertz CT molecular complexity index is 96.6. The fourth-order valence-corrected chi connectivity index (χ4v) is 0.282. The van der Waals surface area contributed by atoms with Gasteiger partial charge in [-0.1, -0.05) is 31.4 Å². The van der Waals surface area contributed by atoms with E-state index < -0.39 is 0 Å². The van der Waals surface area contributed by atoms with Crippen LogP contribution in [-0.2, 0) is 0 Å². The molecule has 38 valence electrons. The van der Waals surface area contributed by atoms with E-state index in [4.69, 9.17) is 0 Å². The van der Waals surface area contributed by atoms with E-state index in [1.807, 2.05) is 19.1 Å². The molecule has 0 fully saturated rings. The number of hydrogen-bond acceptors (Lipinski definition) is 0. The molecule has 0 rings (SSSR count). The van der Waals surface area contributed by atoms with Crippen molar-refractivity contribution < 1.29 is 0 Å². The van der Waals surface area contributed by atoms with Crippen molar-refractivity contribution >= 4 is 0 Å². The van der Waals surface area contributed by atoms with Gasteiger partial charge in [-0.05, 0) is 12.5 Å². The van der Waals surface area contributed by atoms with Crippen LogP contribution >= 0.6 is 0 Å². The van der Waals surface area contributed by atoms with Gasteiger partial charge in [0.2, 0.25) is 0 Å². The summed E-state index contributed by atoms with van der Waals surface area (Å²) >= 11 is 0. The van der Waals surface area contributed by atoms with Crippen molar-refractivity contribution in [2.75, 3.05) is 0 Å². The van der Waals surface area contributed by atoms with E-state index >= 15 is 0 Å². The van der Waals surface area contributed by atoms with Gasteiger partial charge in [0.1, 0.15) is 0 Å². The third-order valence-corrected chi connectivity index (χ3v) is 0.643. The van der Waals surface area contributed by atoms with E-state index in [9.17, 15) is 0 Å². The van der Waals surface area contributed by atoms with Crippen LogP contribution in [0.25, 0.3) is 0 Å². The first-order valence-corrected chi connectivity index (χ1v) is 2.25. The van der Waals surface area contributed by atoms with Gasteiger partial charge in [-0.3, -0.25) is 0 Å². The zero-order chi connectivity index (χ0) is 5.70. The monoisotopic (exact) mass is 94.1 g/mol. The van der Waals surface area contributed by atoms with Gasteiger partial charge in [0.15, 0.2) is 0 Å². The molecule has 0 amide bonds. The lowest BCUT2D eigenvalue weighted by molar-refractivity contribution is 1.67. The van der Waals surface area contributed by atoms with Crippen LogP contribution in [0.2, 0.25) is 0 Å². The quantitative estimate of drug-likeness (QED) is 0.460. The molecule has 0 bridgehead atoms. The summed E-state index contributed by atoms with van der Waals surface area (Å²) in [5.41, 5.74) is 0.961. The molecule has 0 heteroatoms. The second-order valence-electron chi connectivity index (χ2n) is 1.28. The molecule has 0 aromatic rings. The number of rotatable bonds is 2. The van der Waals surface area contributed by atoms with E-state index in [2.05, 4.69) is 13.2 Å². The Morgan fingerprint density at radius 3 is 2.29 bits per heavy atom. The molecule has 0 saturated heterocycles. The third-order valence-electron chi connectivity index (χ3n) is 0.643. The molecule has 0 nitrogen and oxygen atoms in total. The average Bonchev–Trinajstić information content (AvgIpc) is 1.68. The summed E-state index contributed by atoms with van der Waals surface area (Å²) in [6.07, 6.45) is 5.57. The Kier molecular flexibility index (Phi) is 3.03. The van der Waals surface area contributed by atoms with Crippen LogP contribution in [-0.4, -0.2) is 0 Å². The molecule has 0 unspecified atom stereocenters. The molecular formula is C7H10. The smallest absolute Gasteiger partial charge is 0.0338 e. The minimum atomic E-state index is 0.961. The van der Waals surface area contributed by atoms with Crippen LogP contribution in [0.4, 0.5) is 0 Å². The standard InChI is InChI=1S/C7H10/c1-4-6-7(3)5-2/h4-6H,2-3H2,1H3/b6-4+. The van der Waals surface area contributed by atoms with E-state index in [-0.39, 0.29) is 0 Å². The summed E-state index contributed by atoms with van der Waals surface area (Å²) in [5.74, 6) is 0. The van der Waals surface area contributed by atoms with Gasteiger partial charge in [0, 0.05) is 0 Å². The first-order chi connectivity index (χ1) is 3.31. The summed E-state index contributed by atoms with van der Waals surface area (Å²) in [5, 5.41) is 0. The highest BCUT2D eigenvalue weighted by atomic mass is 13.8. The second kappa shape index (κ2) is 3.41. The number of allylic oxidation sites excluding steroid dienone is 4.